The van der Waals surface area contributed by atoms with Gasteiger partial charge >= 0.3 is 0 Å². The Morgan fingerprint density at radius 2 is 1.91 bits per heavy atom. The lowest BCUT2D eigenvalue weighted by atomic mass is 9.87. The Bertz CT molecular complexity index is 105. The zero-order valence-corrected chi connectivity index (χ0v) is 7.71. The van der Waals surface area contributed by atoms with Crippen molar-refractivity contribution in [3.05, 3.63) is 0 Å². The van der Waals surface area contributed by atoms with Crippen LogP contribution in [-0.2, 0) is 0 Å². The van der Waals surface area contributed by atoms with Crippen LogP contribution in [0.1, 0.15) is 46.0 Å². The molecule has 0 saturated heterocycles. The van der Waals surface area contributed by atoms with Crippen LogP contribution < -0.4 is 0 Å². The summed E-state index contributed by atoms with van der Waals surface area (Å²) in [6.45, 7) is 4.26. The van der Waals surface area contributed by atoms with Crippen LogP contribution in [0.2, 0.25) is 0 Å². The fraction of sp³-hybridized carbons (Fsp3) is 1.00. The summed E-state index contributed by atoms with van der Waals surface area (Å²) in [4.78, 5) is 0. The van der Waals surface area contributed by atoms with Gasteiger partial charge in [0.25, 0.3) is 0 Å². The summed E-state index contributed by atoms with van der Waals surface area (Å²) in [7, 11) is 0. The molecule has 0 amide bonds. The maximum absolute atomic E-state index is 9.59. The molecule has 1 rings (SSSR count). The van der Waals surface area contributed by atoms with Crippen molar-refractivity contribution in [3.8, 4) is 0 Å². The predicted molar refractivity (Wildman–Crippen MR) is 47.4 cm³/mol. The van der Waals surface area contributed by atoms with Crippen LogP contribution in [0, 0.1) is 11.8 Å². The van der Waals surface area contributed by atoms with Crippen LogP contribution in [0.25, 0.3) is 0 Å². The normalized spacial score (nSPS) is 25.4. The number of rotatable bonds is 3. The van der Waals surface area contributed by atoms with E-state index in [1.807, 2.05) is 0 Å². The highest BCUT2D eigenvalue weighted by molar-refractivity contribution is 4.76. The molecule has 1 aliphatic rings. The molecule has 66 valence electrons. The first-order chi connectivity index (χ1) is 5.25. The van der Waals surface area contributed by atoms with Crippen molar-refractivity contribution in [1.29, 1.82) is 0 Å². The molecule has 1 N–H and O–H groups in total. The summed E-state index contributed by atoms with van der Waals surface area (Å²) in [6, 6.07) is 0. The van der Waals surface area contributed by atoms with E-state index in [0.717, 1.165) is 12.3 Å². The van der Waals surface area contributed by atoms with Crippen LogP contribution in [0.3, 0.4) is 0 Å². The Hall–Kier alpha value is -0.0400. The maximum atomic E-state index is 9.59. The highest BCUT2D eigenvalue weighted by atomic mass is 16.3. The van der Waals surface area contributed by atoms with Crippen molar-refractivity contribution in [2.75, 3.05) is 0 Å². The highest BCUT2D eigenvalue weighted by Gasteiger charge is 2.25. The Balaban J connectivity index is 2.32. The number of aliphatic hydroxyl groups is 1. The van der Waals surface area contributed by atoms with Crippen LogP contribution in [0.4, 0.5) is 0 Å². The third-order valence-corrected chi connectivity index (χ3v) is 3.17. The highest BCUT2D eigenvalue weighted by Crippen LogP contribution is 2.33. The standard InChI is InChI=1S/C10H20O/c1-3-10(11)8(2)9-6-4-5-7-9/h8-11H,3-7H2,1-2H3. The van der Waals surface area contributed by atoms with Gasteiger partial charge in [-0.25, -0.2) is 0 Å². The molecule has 0 radical (unpaired) electrons. The Morgan fingerprint density at radius 3 is 2.36 bits per heavy atom. The average Bonchev–Trinajstić information content (AvgIpc) is 2.53. The van der Waals surface area contributed by atoms with Gasteiger partial charge in [-0.2, -0.15) is 0 Å². The molecule has 0 bridgehead atoms. The summed E-state index contributed by atoms with van der Waals surface area (Å²) in [5.74, 6) is 1.34. The molecular formula is C10H20O. The van der Waals surface area contributed by atoms with Crippen LogP contribution in [0.5, 0.6) is 0 Å². The molecule has 2 atom stereocenters. The summed E-state index contributed by atoms with van der Waals surface area (Å²) in [5.41, 5.74) is 0. The van der Waals surface area contributed by atoms with Crippen molar-refractivity contribution in [2.24, 2.45) is 11.8 Å². The Morgan fingerprint density at radius 1 is 1.36 bits per heavy atom. The predicted octanol–water partition coefficient (Wildman–Crippen LogP) is 2.58. The lowest BCUT2D eigenvalue weighted by Crippen LogP contribution is -2.22. The molecule has 0 aromatic carbocycles. The summed E-state index contributed by atoms with van der Waals surface area (Å²) < 4.78 is 0. The number of aliphatic hydroxyl groups excluding tert-OH is 1. The van der Waals surface area contributed by atoms with E-state index >= 15 is 0 Å². The SMILES string of the molecule is CCC(O)C(C)C1CCCC1. The molecule has 0 spiro atoms. The molecule has 1 saturated carbocycles. The van der Waals surface area contributed by atoms with Gasteiger partial charge in [0.1, 0.15) is 0 Å². The summed E-state index contributed by atoms with van der Waals surface area (Å²) >= 11 is 0. The van der Waals surface area contributed by atoms with Crippen molar-refractivity contribution in [2.45, 2.75) is 52.1 Å². The van der Waals surface area contributed by atoms with Gasteiger partial charge in [-0.15, -0.1) is 0 Å². The quantitative estimate of drug-likeness (QED) is 0.666. The van der Waals surface area contributed by atoms with E-state index < -0.39 is 0 Å². The molecule has 0 aromatic heterocycles. The monoisotopic (exact) mass is 156 g/mol. The maximum Gasteiger partial charge on any atom is 0.0565 e. The summed E-state index contributed by atoms with van der Waals surface area (Å²) in [6.07, 6.45) is 6.31. The molecular weight excluding hydrogens is 136 g/mol. The second kappa shape index (κ2) is 4.10. The van der Waals surface area contributed by atoms with E-state index in [9.17, 15) is 5.11 Å². The van der Waals surface area contributed by atoms with Gasteiger partial charge in [0.2, 0.25) is 0 Å². The van der Waals surface area contributed by atoms with E-state index in [1.54, 1.807) is 0 Å². The molecule has 11 heavy (non-hydrogen) atoms. The zero-order valence-electron chi connectivity index (χ0n) is 7.71. The van der Waals surface area contributed by atoms with Gasteiger partial charge < -0.3 is 5.11 Å². The minimum Gasteiger partial charge on any atom is -0.393 e. The van der Waals surface area contributed by atoms with Crippen molar-refractivity contribution in [3.63, 3.8) is 0 Å². The topological polar surface area (TPSA) is 20.2 Å². The third-order valence-electron chi connectivity index (χ3n) is 3.17. The smallest absolute Gasteiger partial charge is 0.0565 e. The van der Waals surface area contributed by atoms with E-state index in [4.69, 9.17) is 0 Å². The van der Waals surface area contributed by atoms with Gasteiger partial charge in [0, 0.05) is 0 Å². The van der Waals surface area contributed by atoms with E-state index in [0.29, 0.717) is 5.92 Å². The lowest BCUT2D eigenvalue weighted by Gasteiger charge is -2.23. The fourth-order valence-electron chi connectivity index (χ4n) is 2.17. The number of hydrogen-bond donors (Lipinski definition) is 1. The van der Waals surface area contributed by atoms with Crippen molar-refractivity contribution in [1.82, 2.24) is 0 Å². The first-order valence-electron chi connectivity index (χ1n) is 4.93. The van der Waals surface area contributed by atoms with E-state index in [2.05, 4.69) is 13.8 Å². The van der Waals surface area contributed by atoms with Gasteiger partial charge in [0.15, 0.2) is 0 Å². The Labute approximate surface area is 69.8 Å². The summed E-state index contributed by atoms with van der Waals surface area (Å²) in [5, 5.41) is 9.59. The van der Waals surface area contributed by atoms with Crippen LogP contribution >= 0.6 is 0 Å². The minimum atomic E-state index is -0.0573. The third kappa shape index (κ3) is 2.19. The van der Waals surface area contributed by atoms with Gasteiger partial charge in [0.05, 0.1) is 6.10 Å². The lowest BCUT2D eigenvalue weighted by molar-refractivity contribution is 0.0806. The van der Waals surface area contributed by atoms with Gasteiger partial charge in [-0.1, -0.05) is 39.5 Å². The first-order valence-corrected chi connectivity index (χ1v) is 4.93. The molecule has 0 heterocycles. The zero-order chi connectivity index (χ0) is 8.27. The molecule has 1 aliphatic carbocycles. The van der Waals surface area contributed by atoms with Gasteiger partial charge in [-0.05, 0) is 18.3 Å². The average molecular weight is 156 g/mol. The van der Waals surface area contributed by atoms with Crippen LogP contribution in [-0.4, -0.2) is 11.2 Å². The molecule has 0 aliphatic heterocycles. The minimum absolute atomic E-state index is 0.0573. The molecule has 0 aromatic rings. The Kier molecular flexibility index (Phi) is 3.38. The van der Waals surface area contributed by atoms with E-state index in [1.165, 1.54) is 25.7 Å². The van der Waals surface area contributed by atoms with Crippen molar-refractivity contribution < 1.29 is 5.11 Å². The molecule has 1 fully saturated rings. The van der Waals surface area contributed by atoms with E-state index in [-0.39, 0.29) is 6.10 Å². The molecule has 1 heteroatoms. The second-order valence-electron chi connectivity index (χ2n) is 3.88. The molecule has 1 nitrogen and oxygen atoms in total. The second-order valence-corrected chi connectivity index (χ2v) is 3.88. The fourth-order valence-corrected chi connectivity index (χ4v) is 2.17. The largest absolute Gasteiger partial charge is 0.393 e. The van der Waals surface area contributed by atoms with Crippen LogP contribution in [0.15, 0.2) is 0 Å². The molecule has 2 unspecified atom stereocenters. The number of hydrogen-bond acceptors (Lipinski definition) is 1. The van der Waals surface area contributed by atoms with Crippen molar-refractivity contribution >= 4 is 0 Å². The first kappa shape index (κ1) is 9.05. The van der Waals surface area contributed by atoms with Gasteiger partial charge in [-0.3, -0.25) is 0 Å².